The summed E-state index contributed by atoms with van der Waals surface area (Å²) in [4.78, 5) is 26.3. The van der Waals surface area contributed by atoms with Gasteiger partial charge in [0, 0.05) is 16.7 Å². The van der Waals surface area contributed by atoms with Crippen LogP contribution in [0.15, 0.2) is 53.0 Å². The lowest BCUT2D eigenvalue weighted by Crippen LogP contribution is -2.39. The van der Waals surface area contributed by atoms with Gasteiger partial charge in [-0.05, 0) is 55.7 Å². The molecular weight excluding hydrogens is 398 g/mol. The minimum atomic E-state index is -0.794. The van der Waals surface area contributed by atoms with Gasteiger partial charge in [0.05, 0.1) is 0 Å². The van der Waals surface area contributed by atoms with E-state index >= 15 is 0 Å². The number of carbonyl (C=O) groups is 2. The van der Waals surface area contributed by atoms with E-state index in [1.807, 2.05) is 36.4 Å². The predicted octanol–water partition coefficient (Wildman–Crippen LogP) is 3.74. The molecule has 26 heavy (non-hydrogen) atoms. The Balaban J connectivity index is 1.54. The summed E-state index contributed by atoms with van der Waals surface area (Å²) in [7, 11) is 0. The largest absolute Gasteiger partial charge is 0.479 e. The minimum Gasteiger partial charge on any atom is -0.479 e. The normalized spacial score (nSPS) is 14.3. The van der Waals surface area contributed by atoms with Gasteiger partial charge in [-0.1, -0.05) is 34.1 Å². The summed E-state index contributed by atoms with van der Waals surface area (Å²) < 4.78 is 11.6. The first-order valence-corrected chi connectivity index (χ1v) is 9.31. The lowest BCUT2D eigenvalue weighted by atomic mass is 10.0. The SMILES string of the molecule is CC(Oc1ccc(Br)cc1)C(=O)OCC(=O)N1CCCc2ccccc21. The molecule has 0 saturated heterocycles. The summed E-state index contributed by atoms with van der Waals surface area (Å²) in [6.07, 6.45) is 1.06. The maximum atomic E-state index is 12.5. The van der Waals surface area contributed by atoms with E-state index in [0.29, 0.717) is 12.3 Å². The Bertz CT molecular complexity index is 791. The monoisotopic (exact) mass is 417 g/mol. The Kier molecular flexibility index (Phi) is 5.93. The molecule has 0 aromatic heterocycles. The number of hydrogen-bond donors (Lipinski definition) is 0. The number of fused-ring (bicyclic) bond motifs is 1. The third-order valence-corrected chi connectivity index (χ3v) is 4.74. The number of anilines is 1. The summed E-state index contributed by atoms with van der Waals surface area (Å²) in [6, 6.07) is 15.0. The van der Waals surface area contributed by atoms with Gasteiger partial charge in [0.2, 0.25) is 0 Å². The molecular formula is C20H20BrNO4. The van der Waals surface area contributed by atoms with Crippen LogP contribution in [0.1, 0.15) is 18.9 Å². The molecule has 1 amide bonds. The van der Waals surface area contributed by atoms with Crippen LogP contribution < -0.4 is 9.64 Å². The average molecular weight is 418 g/mol. The smallest absolute Gasteiger partial charge is 0.347 e. The first kappa shape index (κ1) is 18.5. The average Bonchev–Trinajstić information content (AvgIpc) is 2.67. The highest BCUT2D eigenvalue weighted by Crippen LogP contribution is 2.26. The number of esters is 1. The van der Waals surface area contributed by atoms with Crippen molar-refractivity contribution in [3.8, 4) is 5.75 Å². The Hall–Kier alpha value is -2.34. The minimum absolute atomic E-state index is 0.221. The standard InChI is InChI=1S/C20H20BrNO4/c1-14(26-17-10-8-16(21)9-11-17)20(24)25-13-19(23)22-12-4-6-15-5-2-3-7-18(15)22/h2-3,5,7-11,14H,4,6,12-13H2,1H3. The molecule has 1 atom stereocenters. The number of rotatable bonds is 5. The zero-order chi connectivity index (χ0) is 18.5. The molecule has 136 valence electrons. The van der Waals surface area contributed by atoms with Crippen LogP contribution in [0.2, 0.25) is 0 Å². The number of hydrogen-bond acceptors (Lipinski definition) is 4. The van der Waals surface area contributed by atoms with Gasteiger partial charge in [0.15, 0.2) is 12.7 Å². The molecule has 2 aromatic carbocycles. The predicted molar refractivity (Wildman–Crippen MR) is 102 cm³/mol. The topological polar surface area (TPSA) is 55.8 Å². The molecule has 1 aliphatic heterocycles. The number of ether oxygens (including phenoxy) is 2. The molecule has 1 unspecified atom stereocenters. The Morgan fingerprint density at radius 3 is 2.65 bits per heavy atom. The second-order valence-electron chi connectivity index (χ2n) is 6.10. The van der Waals surface area contributed by atoms with Crippen LogP contribution in [0.25, 0.3) is 0 Å². The molecule has 0 saturated carbocycles. The lowest BCUT2D eigenvalue weighted by Gasteiger charge is -2.29. The van der Waals surface area contributed by atoms with Gasteiger partial charge >= 0.3 is 5.97 Å². The number of benzene rings is 2. The van der Waals surface area contributed by atoms with E-state index in [1.165, 1.54) is 0 Å². The fourth-order valence-corrected chi connectivity index (χ4v) is 3.15. The highest BCUT2D eigenvalue weighted by molar-refractivity contribution is 9.10. The van der Waals surface area contributed by atoms with Crippen molar-refractivity contribution >= 4 is 33.5 Å². The zero-order valence-electron chi connectivity index (χ0n) is 14.5. The van der Waals surface area contributed by atoms with E-state index in [2.05, 4.69) is 15.9 Å². The number of carbonyl (C=O) groups excluding carboxylic acids is 2. The molecule has 2 aromatic rings. The quantitative estimate of drug-likeness (QED) is 0.695. The summed E-state index contributed by atoms with van der Waals surface area (Å²) in [5.74, 6) is -0.221. The first-order valence-electron chi connectivity index (χ1n) is 8.52. The van der Waals surface area contributed by atoms with E-state index in [0.717, 1.165) is 28.6 Å². The van der Waals surface area contributed by atoms with Crippen molar-refractivity contribution in [2.45, 2.75) is 25.9 Å². The highest BCUT2D eigenvalue weighted by Gasteiger charge is 2.24. The van der Waals surface area contributed by atoms with Crippen LogP contribution in [0.3, 0.4) is 0 Å². The van der Waals surface area contributed by atoms with Crippen molar-refractivity contribution in [3.05, 3.63) is 58.6 Å². The fourth-order valence-electron chi connectivity index (χ4n) is 2.89. The van der Waals surface area contributed by atoms with Gasteiger partial charge in [0.25, 0.3) is 5.91 Å². The van der Waals surface area contributed by atoms with Crippen LogP contribution in [0, 0.1) is 0 Å². The van der Waals surface area contributed by atoms with Gasteiger partial charge in [-0.25, -0.2) is 4.79 Å². The summed E-state index contributed by atoms with van der Waals surface area (Å²) in [5.41, 5.74) is 2.05. The molecule has 1 heterocycles. The maximum Gasteiger partial charge on any atom is 0.347 e. The van der Waals surface area contributed by atoms with Crippen LogP contribution >= 0.6 is 15.9 Å². The van der Waals surface area contributed by atoms with Crippen LogP contribution in [-0.4, -0.2) is 31.1 Å². The second kappa shape index (κ2) is 8.36. The third kappa shape index (κ3) is 4.43. The highest BCUT2D eigenvalue weighted by atomic mass is 79.9. The Morgan fingerprint density at radius 1 is 1.15 bits per heavy atom. The van der Waals surface area contributed by atoms with Gasteiger partial charge in [-0.15, -0.1) is 0 Å². The second-order valence-corrected chi connectivity index (χ2v) is 7.02. The third-order valence-electron chi connectivity index (χ3n) is 4.21. The van der Waals surface area contributed by atoms with Crippen molar-refractivity contribution in [1.29, 1.82) is 0 Å². The molecule has 0 fully saturated rings. The first-order chi connectivity index (χ1) is 12.5. The van der Waals surface area contributed by atoms with E-state index in [1.54, 1.807) is 24.0 Å². The summed E-state index contributed by atoms with van der Waals surface area (Å²) in [5, 5.41) is 0. The number of para-hydroxylation sites is 1. The van der Waals surface area contributed by atoms with Crippen LogP contribution in [-0.2, 0) is 20.7 Å². The van der Waals surface area contributed by atoms with Crippen LogP contribution in [0.5, 0.6) is 5.75 Å². The molecule has 5 nitrogen and oxygen atoms in total. The van der Waals surface area contributed by atoms with Crippen molar-refractivity contribution in [2.24, 2.45) is 0 Å². The molecule has 0 radical (unpaired) electrons. The molecule has 0 aliphatic carbocycles. The van der Waals surface area contributed by atoms with E-state index in [4.69, 9.17) is 9.47 Å². The van der Waals surface area contributed by atoms with Gasteiger partial charge in [-0.3, -0.25) is 4.79 Å². The Labute approximate surface area is 161 Å². The fraction of sp³-hybridized carbons (Fsp3) is 0.300. The van der Waals surface area contributed by atoms with E-state index < -0.39 is 12.1 Å². The van der Waals surface area contributed by atoms with Gasteiger partial charge in [-0.2, -0.15) is 0 Å². The van der Waals surface area contributed by atoms with Crippen molar-refractivity contribution in [2.75, 3.05) is 18.1 Å². The molecule has 0 bridgehead atoms. The number of amides is 1. The van der Waals surface area contributed by atoms with Crippen molar-refractivity contribution in [3.63, 3.8) is 0 Å². The molecule has 0 spiro atoms. The molecule has 1 aliphatic rings. The summed E-state index contributed by atoms with van der Waals surface area (Å²) >= 11 is 3.34. The molecule has 6 heteroatoms. The number of nitrogens with zero attached hydrogens (tertiary/aromatic N) is 1. The van der Waals surface area contributed by atoms with Gasteiger partial charge < -0.3 is 14.4 Å². The van der Waals surface area contributed by atoms with Crippen LogP contribution in [0.4, 0.5) is 5.69 Å². The Morgan fingerprint density at radius 2 is 1.88 bits per heavy atom. The molecule has 3 rings (SSSR count). The zero-order valence-corrected chi connectivity index (χ0v) is 16.1. The van der Waals surface area contributed by atoms with Crippen molar-refractivity contribution in [1.82, 2.24) is 0 Å². The number of aryl methyl sites for hydroxylation is 1. The molecule has 0 N–H and O–H groups in total. The lowest BCUT2D eigenvalue weighted by molar-refractivity contribution is -0.154. The number of halogens is 1. The van der Waals surface area contributed by atoms with E-state index in [-0.39, 0.29) is 12.5 Å². The van der Waals surface area contributed by atoms with Gasteiger partial charge in [0.1, 0.15) is 5.75 Å². The maximum absolute atomic E-state index is 12.5. The van der Waals surface area contributed by atoms with E-state index in [9.17, 15) is 9.59 Å². The van der Waals surface area contributed by atoms with Crippen molar-refractivity contribution < 1.29 is 19.1 Å². The summed E-state index contributed by atoms with van der Waals surface area (Å²) in [6.45, 7) is 1.95.